The van der Waals surface area contributed by atoms with Crippen LogP contribution in [0.4, 0.5) is 0 Å². The first kappa shape index (κ1) is 27.2. The smallest absolute Gasteiger partial charge is 0.328 e. The summed E-state index contributed by atoms with van der Waals surface area (Å²) in [5.41, 5.74) is 10.6. The summed E-state index contributed by atoms with van der Waals surface area (Å²) in [5, 5.41) is 2.84. The number of unbranched alkanes of at least 4 members (excludes halogenated alkanes) is 8. The molecule has 0 aromatic heterocycles. The molecule has 0 fully saturated rings. The van der Waals surface area contributed by atoms with E-state index in [0.717, 1.165) is 25.7 Å². The zero-order valence-electron chi connectivity index (χ0n) is 18.9. The second-order valence-corrected chi connectivity index (χ2v) is 7.80. The summed E-state index contributed by atoms with van der Waals surface area (Å²) in [6, 6.07) is -0.649. The quantitative estimate of drug-likeness (QED) is 0.137. The van der Waals surface area contributed by atoms with Crippen LogP contribution in [-0.4, -0.2) is 36.5 Å². The van der Waals surface area contributed by atoms with Crippen molar-refractivity contribution >= 4 is 17.8 Å². The summed E-state index contributed by atoms with van der Waals surface area (Å²) in [6.45, 7) is 6.44. The highest BCUT2D eigenvalue weighted by Gasteiger charge is 2.23. The molecule has 0 aliphatic carbocycles. The van der Waals surface area contributed by atoms with E-state index in [2.05, 4.69) is 17.2 Å². The normalized spacial score (nSPS) is 12.8. The molecule has 0 aromatic carbocycles. The highest BCUT2D eigenvalue weighted by molar-refractivity contribution is 5.84. The van der Waals surface area contributed by atoms with Crippen molar-refractivity contribution in [1.29, 1.82) is 0 Å². The first-order valence-corrected chi connectivity index (χ1v) is 11.5. The van der Waals surface area contributed by atoms with Gasteiger partial charge in [-0.15, -0.1) is 0 Å². The van der Waals surface area contributed by atoms with Crippen LogP contribution in [0.3, 0.4) is 0 Å². The first-order valence-electron chi connectivity index (χ1n) is 11.5. The van der Waals surface area contributed by atoms with Gasteiger partial charge in [-0.25, -0.2) is 4.79 Å². The van der Waals surface area contributed by atoms with Gasteiger partial charge in [0.2, 0.25) is 5.91 Å². The number of nitrogens with zero attached hydrogens (tertiary/aromatic N) is 1. The van der Waals surface area contributed by atoms with E-state index in [0.29, 0.717) is 25.8 Å². The fraction of sp³-hybridized carbons (Fsp3) is 0.864. The number of guanidine groups is 1. The Labute approximate surface area is 177 Å². The first-order chi connectivity index (χ1) is 13.9. The Kier molecular flexibility index (Phi) is 17.1. The molecule has 0 aliphatic heterocycles. The molecule has 0 aliphatic rings. The molecular weight excluding hydrogens is 368 g/mol. The molecule has 0 bridgehead atoms. The molecule has 1 amide bonds. The topological polar surface area (TPSA) is 120 Å². The number of carbonyl (C=O) groups excluding carboxylic acids is 2. The van der Waals surface area contributed by atoms with Gasteiger partial charge in [0.25, 0.3) is 0 Å². The molecule has 0 rings (SSSR count). The van der Waals surface area contributed by atoms with Gasteiger partial charge in [0.15, 0.2) is 5.96 Å². The van der Waals surface area contributed by atoms with Crippen LogP contribution < -0.4 is 16.8 Å². The van der Waals surface area contributed by atoms with E-state index in [1.54, 1.807) is 0 Å². The Morgan fingerprint density at radius 2 is 1.52 bits per heavy atom. The van der Waals surface area contributed by atoms with Gasteiger partial charge in [0.1, 0.15) is 6.04 Å². The van der Waals surface area contributed by atoms with E-state index < -0.39 is 6.04 Å². The molecule has 7 nitrogen and oxygen atoms in total. The van der Waals surface area contributed by atoms with Crippen LogP contribution in [0.2, 0.25) is 0 Å². The van der Waals surface area contributed by atoms with Crippen LogP contribution in [-0.2, 0) is 14.3 Å². The lowest BCUT2D eigenvalue weighted by molar-refractivity contribution is -0.152. The van der Waals surface area contributed by atoms with Crippen molar-refractivity contribution in [2.45, 2.75) is 116 Å². The summed E-state index contributed by atoms with van der Waals surface area (Å²) in [6.07, 6.45) is 12.9. The van der Waals surface area contributed by atoms with Crippen molar-refractivity contribution in [2.75, 3.05) is 6.54 Å². The van der Waals surface area contributed by atoms with E-state index in [9.17, 15) is 9.59 Å². The van der Waals surface area contributed by atoms with Crippen molar-refractivity contribution in [3.05, 3.63) is 0 Å². The van der Waals surface area contributed by atoms with Crippen LogP contribution >= 0.6 is 0 Å². The highest BCUT2D eigenvalue weighted by Crippen LogP contribution is 2.11. The fourth-order valence-electron chi connectivity index (χ4n) is 2.98. The summed E-state index contributed by atoms with van der Waals surface area (Å²) in [7, 11) is 0. The van der Waals surface area contributed by atoms with Crippen LogP contribution in [0, 0.1) is 0 Å². The highest BCUT2D eigenvalue weighted by atomic mass is 16.5. The predicted octanol–water partition coefficient (Wildman–Crippen LogP) is 3.79. The average molecular weight is 413 g/mol. The standard InChI is InChI=1S/C22H44N4O3/c1-4-6-7-8-9-10-11-12-13-16-20(27)26-19(15-14-17-25-22(23)24)21(28)29-18(3)5-2/h18-19H,4-17H2,1-3H3,(H,26,27)(H4,23,24,25)/t18?,19-/m0/s1. The molecule has 170 valence electrons. The molecule has 0 saturated carbocycles. The SMILES string of the molecule is CCCCCCCCCCCC(=O)N[C@@H](CCCN=C(N)N)C(=O)OC(C)CC. The van der Waals surface area contributed by atoms with Gasteiger partial charge in [0, 0.05) is 13.0 Å². The zero-order chi connectivity index (χ0) is 21.9. The maximum Gasteiger partial charge on any atom is 0.328 e. The maximum absolute atomic E-state index is 12.4. The van der Waals surface area contributed by atoms with Gasteiger partial charge >= 0.3 is 5.97 Å². The zero-order valence-corrected chi connectivity index (χ0v) is 18.9. The Hall–Kier alpha value is -1.79. The monoisotopic (exact) mass is 412 g/mol. The Balaban J connectivity index is 4.20. The van der Waals surface area contributed by atoms with Gasteiger partial charge in [-0.05, 0) is 32.6 Å². The van der Waals surface area contributed by atoms with Gasteiger partial charge in [-0.1, -0.05) is 65.2 Å². The van der Waals surface area contributed by atoms with Crippen LogP contribution in [0.25, 0.3) is 0 Å². The van der Waals surface area contributed by atoms with Crippen LogP contribution in [0.1, 0.15) is 104 Å². The number of aliphatic imine (C=N–C) groups is 1. The van der Waals surface area contributed by atoms with Crippen molar-refractivity contribution in [2.24, 2.45) is 16.5 Å². The molecule has 0 aromatic rings. The number of carbonyl (C=O) groups is 2. The second-order valence-electron chi connectivity index (χ2n) is 7.80. The van der Waals surface area contributed by atoms with Crippen molar-refractivity contribution in [3.63, 3.8) is 0 Å². The summed E-state index contributed by atoms with van der Waals surface area (Å²) in [5.74, 6) is -0.455. The van der Waals surface area contributed by atoms with E-state index in [1.807, 2.05) is 13.8 Å². The summed E-state index contributed by atoms with van der Waals surface area (Å²) >= 11 is 0. The van der Waals surface area contributed by atoms with Crippen molar-refractivity contribution in [1.82, 2.24) is 5.32 Å². The lowest BCUT2D eigenvalue weighted by atomic mass is 10.1. The second kappa shape index (κ2) is 18.3. The van der Waals surface area contributed by atoms with Gasteiger partial charge in [-0.2, -0.15) is 0 Å². The fourth-order valence-corrected chi connectivity index (χ4v) is 2.98. The molecule has 0 saturated heterocycles. The number of esters is 1. The Morgan fingerprint density at radius 1 is 0.931 bits per heavy atom. The number of nitrogens with two attached hydrogens (primary N) is 2. The lowest BCUT2D eigenvalue weighted by Crippen LogP contribution is -2.42. The Morgan fingerprint density at radius 3 is 2.07 bits per heavy atom. The lowest BCUT2D eigenvalue weighted by Gasteiger charge is -2.20. The largest absolute Gasteiger partial charge is 0.461 e. The summed E-state index contributed by atoms with van der Waals surface area (Å²) < 4.78 is 5.40. The molecule has 29 heavy (non-hydrogen) atoms. The van der Waals surface area contributed by atoms with E-state index in [1.165, 1.54) is 38.5 Å². The van der Waals surface area contributed by atoms with Crippen LogP contribution in [0.5, 0.6) is 0 Å². The van der Waals surface area contributed by atoms with E-state index >= 15 is 0 Å². The van der Waals surface area contributed by atoms with Gasteiger partial charge in [0.05, 0.1) is 6.10 Å². The molecule has 0 heterocycles. The molecule has 2 atom stereocenters. The number of nitrogens with one attached hydrogen (secondary N) is 1. The van der Waals surface area contributed by atoms with Crippen LogP contribution in [0.15, 0.2) is 4.99 Å². The third-order valence-electron chi connectivity index (χ3n) is 4.96. The van der Waals surface area contributed by atoms with Gasteiger partial charge in [-0.3, -0.25) is 9.79 Å². The molecular formula is C22H44N4O3. The third-order valence-corrected chi connectivity index (χ3v) is 4.96. The van der Waals surface area contributed by atoms with Crippen molar-refractivity contribution < 1.29 is 14.3 Å². The minimum atomic E-state index is -0.649. The maximum atomic E-state index is 12.4. The molecule has 1 unspecified atom stereocenters. The minimum Gasteiger partial charge on any atom is -0.461 e. The summed E-state index contributed by atoms with van der Waals surface area (Å²) in [4.78, 5) is 28.6. The number of hydrogen-bond acceptors (Lipinski definition) is 4. The minimum absolute atomic E-state index is 0.0260. The number of hydrogen-bond donors (Lipinski definition) is 3. The average Bonchev–Trinajstić information content (AvgIpc) is 2.68. The van der Waals surface area contributed by atoms with Crippen molar-refractivity contribution in [3.8, 4) is 0 Å². The van der Waals surface area contributed by atoms with Gasteiger partial charge < -0.3 is 21.5 Å². The third kappa shape index (κ3) is 16.8. The number of rotatable bonds is 18. The number of amides is 1. The number of ether oxygens (including phenoxy) is 1. The van der Waals surface area contributed by atoms with E-state index in [-0.39, 0.29) is 23.9 Å². The molecule has 0 spiro atoms. The molecule has 0 radical (unpaired) electrons. The molecule has 7 heteroatoms. The predicted molar refractivity (Wildman–Crippen MR) is 120 cm³/mol. The Bertz CT molecular complexity index is 465. The van der Waals surface area contributed by atoms with E-state index in [4.69, 9.17) is 16.2 Å². The molecule has 5 N–H and O–H groups in total.